The summed E-state index contributed by atoms with van der Waals surface area (Å²) in [7, 11) is 0. The fraction of sp³-hybridized carbons (Fsp3) is 0. The van der Waals surface area contributed by atoms with Gasteiger partial charge in [-0.1, -0.05) is 6.07 Å². The van der Waals surface area contributed by atoms with Gasteiger partial charge < -0.3 is 4.40 Å². The van der Waals surface area contributed by atoms with Crippen LogP contribution in [0.1, 0.15) is 0 Å². The predicted octanol–water partition coefficient (Wildman–Crippen LogP) is 2.67. The van der Waals surface area contributed by atoms with E-state index in [2.05, 4.69) is 9.97 Å². The number of aromatic nitrogens is 3. The maximum Gasteiger partial charge on any atom is 0.154 e. The van der Waals surface area contributed by atoms with E-state index in [4.69, 9.17) is 0 Å². The molecule has 3 nitrogen and oxygen atoms in total. The fourth-order valence-corrected chi connectivity index (χ4v) is 1.65. The number of halogens is 2. The summed E-state index contributed by atoms with van der Waals surface area (Å²) in [6.45, 7) is 0. The zero-order valence-corrected chi connectivity index (χ0v) is 8.64. The molecule has 0 aliphatic rings. The summed E-state index contributed by atoms with van der Waals surface area (Å²) in [6.07, 6.45) is 4.42. The van der Waals surface area contributed by atoms with Gasteiger partial charge in [0.05, 0.1) is 6.20 Å². The number of fused-ring (bicyclic) bond motifs is 1. The average Bonchev–Trinajstić information content (AvgIpc) is 2.72. The molecule has 0 spiro atoms. The molecule has 0 fully saturated rings. The van der Waals surface area contributed by atoms with Gasteiger partial charge in [0.2, 0.25) is 0 Å². The van der Waals surface area contributed by atoms with Crippen LogP contribution in [-0.2, 0) is 0 Å². The van der Waals surface area contributed by atoms with Crippen LogP contribution < -0.4 is 0 Å². The molecule has 3 aromatic heterocycles. The van der Waals surface area contributed by atoms with Crippen molar-refractivity contribution in [1.29, 1.82) is 0 Å². The second-order valence-electron chi connectivity index (χ2n) is 3.58. The molecule has 0 atom stereocenters. The summed E-state index contributed by atoms with van der Waals surface area (Å²) >= 11 is 0. The third-order valence-corrected chi connectivity index (χ3v) is 2.41. The molecule has 17 heavy (non-hydrogen) atoms. The van der Waals surface area contributed by atoms with Crippen LogP contribution in [0.5, 0.6) is 0 Å². The van der Waals surface area contributed by atoms with Crippen LogP contribution in [-0.4, -0.2) is 14.4 Å². The third-order valence-electron chi connectivity index (χ3n) is 2.41. The Hall–Kier alpha value is -2.30. The maximum absolute atomic E-state index is 13.5. The van der Waals surface area contributed by atoms with E-state index in [-0.39, 0.29) is 5.69 Å². The van der Waals surface area contributed by atoms with Crippen molar-refractivity contribution in [3.63, 3.8) is 0 Å². The van der Waals surface area contributed by atoms with E-state index in [1.165, 1.54) is 0 Å². The summed E-state index contributed by atoms with van der Waals surface area (Å²) in [5.74, 6) is -1.41. The van der Waals surface area contributed by atoms with Crippen molar-refractivity contribution in [3.8, 4) is 11.4 Å². The van der Waals surface area contributed by atoms with Crippen molar-refractivity contribution in [3.05, 3.63) is 54.5 Å². The first-order valence-electron chi connectivity index (χ1n) is 4.99. The molecule has 5 heteroatoms. The molecule has 0 N–H and O–H groups in total. The number of nitrogens with zero attached hydrogens (tertiary/aromatic N) is 3. The Morgan fingerprint density at radius 1 is 1.18 bits per heavy atom. The molecule has 3 rings (SSSR count). The second kappa shape index (κ2) is 3.62. The average molecular weight is 231 g/mol. The first-order valence-corrected chi connectivity index (χ1v) is 4.99. The topological polar surface area (TPSA) is 30.2 Å². The largest absolute Gasteiger partial charge is 0.306 e. The highest BCUT2D eigenvalue weighted by Crippen LogP contribution is 2.20. The number of pyridine rings is 2. The summed E-state index contributed by atoms with van der Waals surface area (Å²) in [5.41, 5.74) is 1.12. The van der Waals surface area contributed by atoms with Crippen LogP contribution in [0.15, 0.2) is 42.9 Å². The molecule has 0 bridgehead atoms. The highest BCUT2D eigenvalue weighted by Gasteiger charge is 2.11. The lowest BCUT2D eigenvalue weighted by Crippen LogP contribution is -1.90. The van der Waals surface area contributed by atoms with E-state index in [1.807, 2.05) is 12.1 Å². The van der Waals surface area contributed by atoms with Crippen molar-refractivity contribution < 1.29 is 8.78 Å². The van der Waals surface area contributed by atoms with Gasteiger partial charge in [0.25, 0.3) is 0 Å². The number of hydrogen-bond acceptors (Lipinski definition) is 2. The smallest absolute Gasteiger partial charge is 0.154 e. The van der Waals surface area contributed by atoms with Crippen LogP contribution in [0.4, 0.5) is 8.78 Å². The number of hydrogen-bond donors (Lipinski definition) is 0. The minimum atomic E-state index is -0.714. The van der Waals surface area contributed by atoms with Crippen molar-refractivity contribution in [2.45, 2.75) is 0 Å². The SMILES string of the molecule is Fc1cnc(-c2cn3ccccc3n2)c(F)c1. The molecule has 0 aliphatic heterocycles. The summed E-state index contributed by atoms with van der Waals surface area (Å²) in [6, 6.07) is 6.27. The third kappa shape index (κ3) is 1.65. The fourth-order valence-electron chi connectivity index (χ4n) is 1.65. The molecule has 0 amide bonds. The molecule has 0 aromatic carbocycles. The van der Waals surface area contributed by atoms with Crippen molar-refractivity contribution in [2.75, 3.05) is 0 Å². The van der Waals surface area contributed by atoms with E-state index in [9.17, 15) is 8.78 Å². The van der Waals surface area contributed by atoms with Gasteiger partial charge in [-0.3, -0.25) is 0 Å². The summed E-state index contributed by atoms with van der Waals surface area (Å²) in [4.78, 5) is 7.93. The maximum atomic E-state index is 13.5. The zero-order valence-electron chi connectivity index (χ0n) is 8.64. The number of imidazole rings is 1. The monoisotopic (exact) mass is 231 g/mol. The van der Waals surface area contributed by atoms with Gasteiger partial charge in [0.15, 0.2) is 5.82 Å². The van der Waals surface area contributed by atoms with Crippen LogP contribution in [0.3, 0.4) is 0 Å². The Bertz CT molecular complexity index is 658. The van der Waals surface area contributed by atoms with Crippen molar-refractivity contribution in [1.82, 2.24) is 14.4 Å². The molecule has 0 unspecified atom stereocenters. The number of rotatable bonds is 1. The van der Waals surface area contributed by atoms with Gasteiger partial charge in [0, 0.05) is 18.5 Å². The standard InChI is InChI=1S/C12H7F2N3/c13-8-5-9(14)12(15-6-8)10-7-17-4-2-1-3-11(17)16-10/h1-7H. The van der Waals surface area contributed by atoms with Gasteiger partial charge in [-0.15, -0.1) is 0 Å². The molecule has 0 saturated carbocycles. The zero-order chi connectivity index (χ0) is 11.8. The first kappa shape index (κ1) is 9.89. The minimum Gasteiger partial charge on any atom is -0.306 e. The molecular formula is C12H7F2N3. The molecule has 0 radical (unpaired) electrons. The van der Waals surface area contributed by atoms with Crippen LogP contribution in [0, 0.1) is 11.6 Å². The Kier molecular flexibility index (Phi) is 2.11. The quantitative estimate of drug-likeness (QED) is 0.644. The lowest BCUT2D eigenvalue weighted by atomic mass is 10.3. The van der Waals surface area contributed by atoms with E-state index < -0.39 is 11.6 Å². The van der Waals surface area contributed by atoms with Crippen LogP contribution >= 0.6 is 0 Å². The van der Waals surface area contributed by atoms with E-state index >= 15 is 0 Å². The van der Waals surface area contributed by atoms with Gasteiger partial charge in [-0.05, 0) is 12.1 Å². The second-order valence-corrected chi connectivity index (χ2v) is 3.58. The minimum absolute atomic E-state index is 0.0510. The van der Waals surface area contributed by atoms with Crippen molar-refractivity contribution >= 4 is 5.65 Å². The van der Waals surface area contributed by atoms with Crippen molar-refractivity contribution in [2.24, 2.45) is 0 Å². The Morgan fingerprint density at radius 2 is 2.06 bits per heavy atom. The normalized spacial score (nSPS) is 10.9. The van der Waals surface area contributed by atoms with E-state index in [1.54, 1.807) is 22.9 Å². The molecular weight excluding hydrogens is 224 g/mol. The van der Waals surface area contributed by atoms with Gasteiger partial charge in [-0.25, -0.2) is 18.7 Å². The summed E-state index contributed by atoms with van der Waals surface area (Å²) in [5, 5.41) is 0. The van der Waals surface area contributed by atoms with Gasteiger partial charge in [0.1, 0.15) is 22.9 Å². The van der Waals surface area contributed by atoms with Crippen LogP contribution in [0.2, 0.25) is 0 Å². The lowest BCUT2D eigenvalue weighted by Gasteiger charge is -1.96. The predicted molar refractivity (Wildman–Crippen MR) is 58.3 cm³/mol. The Balaban J connectivity index is 2.20. The molecule has 3 aromatic rings. The Morgan fingerprint density at radius 3 is 2.82 bits per heavy atom. The Labute approximate surface area is 95.4 Å². The lowest BCUT2D eigenvalue weighted by molar-refractivity contribution is 0.576. The molecule has 0 aliphatic carbocycles. The first-order chi connectivity index (χ1) is 8.24. The molecule has 3 heterocycles. The highest BCUT2D eigenvalue weighted by atomic mass is 19.1. The summed E-state index contributed by atoms with van der Waals surface area (Å²) < 4.78 is 28.0. The van der Waals surface area contributed by atoms with E-state index in [0.29, 0.717) is 11.3 Å². The molecule has 0 saturated heterocycles. The van der Waals surface area contributed by atoms with Gasteiger partial charge in [-0.2, -0.15) is 0 Å². The van der Waals surface area contributed by atoms with E-state index in [0.717, 1.165) is 12.3 Å². The molecule has 84 valence electrons. The van der Waals surface area contributed by atoms with Gasteiger partial charge >= 0.3 is 0 Å². The van der Waals surface area contributed by atoms with Crippen LogP contribution in [0.25, 0.3) is 17.0 Å². The highest BCUT2D eigenvalue weighted by molar-refractivity contribution is 5.59.